The smallest absolute Gasteiger partial charge is 0.0546 e. The first-order valence-corrected chi connectivity index (χ1v) is 23.9. The van der Waals surface area contributed by atoms with Gasteiger partial charge in [0.2, 0.25) is 0 Å². The molecule has 6 aliphatic carbocycles. The zero-order valence-corrected chi connectivity index (χ0v) is 32.3. The van der Waals surface area contributed by atoms with E-state index in [4.69, 9.17) is 9.47 Å². The fourth-order valence-corrected chi connectivity index (χ4v) is 21.1. The van der Waals surface area contributed by atoms with Crippen molar-refractivity contribution >= 4 is 8.07 Å². The molecular formula is C42H76O2Si. The van der Waals surface area contributed by atoms with Gasteiger partial charge in [0.15, 0.2) is 0 Å². The van der Waals surface area contributed by atoms with E-state index in [0.717, 1.165) is 95.3 Å². The molecule has 10 unspecified atom stereocenters. The Hall–Kier alpha value is 0.137. The Labute approximate surface area is 281 Å². The number of ether oxygens (including phenoxy) is 2. The Kier molecular flexibility index (Phi) is 11.6. The lowest BCUT2D eigenvalue weighted by Crippen LogP contribution is -2.47. The van der Waals surface area contributed by atoms with Gasteiger partial charge in [0.1, 0.15) is 0 Å². The lowest BCUT2D eigenvalue weighted by Gasteiger charge is -2.50. The van der Waals surface area contributed by atoms with Gasteiger partial charge in [-0.05, 0) is 187 Å². The molecule has 10 atom stereocenters. The van der Waals surface area contributed by atoms with Crippen LogP contribution in [-0.4, -0.2) is 33.5 Å². The van der Waals surface area contributed by atoms with E-state index in [0.29, 0.717) is 12.2 Å². The molecule has 0 aromatic rings. The highest BCUT2D eigenvalue weighted by Crippen LogP contribution is 2.67. The SMILES string of the molecule is CC(C)OCC1CCC(C2CCCC3C2CC(C)C3[Si](C)(C)C2C(C)CC3C(C4CCC(COC(C)C)CC4)CCCC32)CC1. The fourth-order valence-electron chi connectivity index (χ4n) is 14.4. The third-order valence-electron chi connectivity index (χ3n) is 15.8. The molecule has 0 bridgehead atoms. The molecule has 0 N–H and O–H groups in total. The highest BCUT2D eigenvalue weighted by Gasteiger charge is 2.60. The van der Waals surface area contributed by atoms with Crippen molar-refractivity contribution < 1.29 is 9.47 Å². The van der Waals surface area contributed by atoms with Crippen LogP contribution in [0.2, 0.25) is 24.2 Å². The second kappa shape index (κ2) is 14.9. The average Bonchev–Trinajstić information content (AvgIpc) is 3.55. The maximum atomic E-state index is 6.05. The summed E-state index contributed by atoms with van der Waals surface area (Å²) in [6, 6.07) is 0. The van der Waals surface area contributed by atoms with Crippen LogP contribution < -0.4 is 0 Å². The molecule has 45 heavy (non-hydrogen) atoms. The van der Waals surface area contributed by atoms with Crippen molar-refractivity contribution in [3.05, 3.63) is 0 Å². The van der Waals surface area contributed by atoms with Gasteiger partial charge in [0.05, 0.1) is 20.3 Å². The van der Waals surface area contributed by atoms with E-state index >= 15 is 0 Å². The van der Waals surface area contributed by atoms with Crippen LogP contribution in [-0.2, 0) is 9.47 Å². The standard InChI is InChI=1S/C42H76O2Si/c1-27(2)43-25-31-15-19-33(20-16-31)35-11-9-13-37-39(35)23-29(5)41(37)45(7,8)42-30(6)24-40-36(12-10-14-38(40)42)34-21-17-32(18-22-34)26-44-28(3)4/h27-42H,9-26H2,1-8H3. The number of rotatable bonds is 10. The summed E-state index contributed by atoms with van der Waals surface area (Å²) in [5.41, 5.74) is 2.17. The van der Waals surface area contributed by atoms with Crippen molar-refractivity contribution in [3.8, 4) is 0 Å². The van der Waals surface area contributed by atoms with E-state index in [1.54, 1.807) is 38.5 Å². The summed E-state index contributed by atoms with van der Waals surface area (Å²) in [5.74, 6) is 12.0. The Morgan fingerprint density at radius 2 is 0.844 bits per heavy atom. The molecule has 0 heterocycles. The average molecular weight is 641 g/mol. The molecular weight excluding hydrogens is 565 g/mol. The molecule has 0 aliphatic heterocycles. The van der Waals surface area contributed by atoms with Gasteiger partial charge in [-0.25, -0.2) is 0 Å². The van der Waals surface area contributed by atoms with Crippen molar-refractivity contribution in [3.63, 3.8) is 0 Å². The van der Waals surface area contributed by atoms with Crippen molar-refractivity contribution in [2.24, 2.45) is 71.0 Å². The molecule has 260 valence electrons. The highest BCUT2D eigenvalue weighted by atomic mass is 28.3. The lowest BCUT2D eigenvalue weighted by atomic mass is 9.64. The summed E-state index contributed by atoms with van der Waals surface area (Å²) in [6.45, 7) is 22.2. The molecule has 0 aromatic heterocycles. The van der Waals surface area contributed by atoms with Gasteiger partial charge in [0, 0.05) is 13.2 Å². The first kappa shape index (κ1) is 35.0. The normalized spacial score (nSPS) is 46.0. The van der Waals surface area contributed by atoms with E-state index in [2.05, 4.69) is 54.6 Å². The number of hydrogen-bond acceptors (Lipinski definition) is 2. The van der Waals surface area contributed by atoms with E-state index in [1.807, 2.05) is 0 Å². The predicted octanol–water partition coefficient (Wildman–Crippen LogP) is 12.0. The molecule has 0 radical (unpaired) electrons. The Bertz CT molecular complexity index is 842. The molecule has 0 saturated heterocycles. The van der Waals surface area contributed by atoms with Crippen molar-refractivity contribution in [1.82, 2.24) is 0 Å². The van der Waals surface area contributed by atoms with Gasteiger partial charge in [-0.15, -0.1) is 0 Å². The van der Waals surface area contributed by atoms with Crippen LogP contribution in [0.4, 0.5) is 0 Å². The largest absolute Gasteiger partial charge is 0.379 e. The monoisotopic (exact) mass is 641 g/mol. The van der Waals surface area contributed by atoms with E-state index in [9.17, 15) is 0 Å². The second-order valence-corrected chi connectivity index (χ2v) is 24.4. The summed E-state index contributed by atoms with van der Waals surface area (Å²) in [6.07, 6.45) is 25.0. The predicted molar refractivity (Wildman–Crippen MR) is 194 cm³/mol. The quantitative estimate of drug-likeness (QED) is 0.221. The first-order valence-electron chi connectivity index (χ1n) is 20.8. The fraction of sp³-hybridized carbons (Fsp3) is 1.00. The van der Waals surface area contributed by atoms with Crippen molar-refractivity contribution in [1.29, 1.82) is 0 Å². The van der Waals surface area contributed by atoms with Gasteiger partial charge < -0.3 is 9.47 Å². The van der Waals surface area contributed by atoms with Crippen molar-refractivity contribution in [2.75, 3.05) is 13.2 Å². The summed E-state index contributed by atoms with van der Waals surface area (Å²) < 4.78 is 12.1. The summed E-state index contributed by atoms with van der Waals surface area (Å²) in [5, 5.41) is 0. The Morgan fingerprint density at radius 1 is 0.489 bits per heavy atom. The van der Waals surface area contributed by atoms with Crippen molar-refractivity contribution in [2.45, 2.75) is 181 Å². The van der Waals surface area contributed by atoms with Crippen LogP contribution in [0, 0.1) is 71.0 Å². The number of hydrogen-bond donors (Lipinski definition) is 0. The molecule has 0 aromatic carbocycles. The van der Waals surface area contributed by atoms with E-state index < -0.39 is 8.07 Å². The van der Waals surface area contributed by atoms with Gasteiger partial charge in [-0.1, -0.05) is 52.6 Å². The van der Waals surface area contributed by atoms with Gasteiger partial charge in [-0.2, -0.15) is 0 Å². The van der Waals surface area contributed by atoms with Gasteiger partial charge in [-0.3, -0.25) is 0 Å². The van der Waals surface area contributed by atoms with Gasteiger partial charge >= 0.3 is 0 Å². The lowest BCUT2D eigenvalue weighted by molar-refractivity contribution is 0.0227. The van der Waals surface area contributed by atoms with Crippen LogP contribution in [0.3, 0.4) is 0 Å². The molecule has 0 spiro atoms. The molecule has 6 fully saturated rings. The van der Waals surface area contributed by atoms with Crippen LogP contribution >= 0.6 is 0 Å². The van der Waals surface area contributed by atoms with Crippen LogP contribution in [0.1, 0.15) is 144 Å². The molecule has 6 aliphatic rings. The van der Waals surface area contributed by atoms with Crippen LogP contribution in [0.15, 0.2) is 0 Å². The minimum Gasteiger partial charge on any atom is -0.379 e. The third kappa shape index (κ3) is 7.51. The first-order chi connectivity index (χ1) is 21.5. The second-order valence-electron chi connectivity index (χ2n) is 19.5. The molecule has 6 saturated carbocycles. The van der Waals surface area contributed by atoms with E-state index in [1.165, 1.54) is 64.2 Å². The van der Waals surface area contributed by atoms with Crippen LogP contribution in [0.25, 0.3) is 0 Å². The molecule has 6 rings (SSSR count). The zero-order chi connectivity index (χ0) is 31.9. The minimum absolute atomic E-state index is 0.388. The maximum absolute atomic E-state index is 6.05. The highest BCUT2D eigenvalue weighted by molar-refractivity contribution is 6.80. The third-order valence-corrected chi connectivity index (χ3v) is 21.3. The Balaban J connectivity index is 1.10. The topological polar surface area (TPSA) is 18.5 Å². The molecule has 2 nitrogen and oxygen atoms in total. The van der Waals surface area contributed by atoms with E-state index in [-0.39, 0.29) is 0 Å². The maximum Gasteiger partial charge on any atom is 0.0546 e. The summed E-state index contributed by atoms with van der Waals surface area (Å²) in [7, 11) is -1.44. The summed E-state index contributed by atoms with van der Waals surface area (Å²) in [4.78, 5) is 0. The minimum atomic E-state index is -1.44. The van der Waals surface area contributed by atoms with Gasteiger partial charge in [0.25, 0.3) is 0 Å². The zero-order valence-electron chi connectivity index (χ0n) is 31.3. The Morgan fingerprint density at radius 3 is 1.20 bits per heavy atom. The number of fused-ring (bicyclic) bond motifs is 2. The van der Waals surface area contributed by atoms with Crippen LogP contribution in [0.5, 0.6) is 0 Å². The molecule has 0 amide bonds. The summed E-state index contributed by atoms with van der Waals surface area (Å²) >= 11 is 0. The molecule has 3 heteroatoms.